The molecule has 1 aromatic carbocycles. The van der Waals surface area contributed by atoms with Crippen LogP contribution in [0.4, 0.5) is 5.82 Å². The van der Waals surface area contributed by atoms with E-state index in [0.717, 1.165) is 36.6 Å². The van der Waals surface area contributed by atoms with Crippen LogP contribution in [-0.2, 0) is 4.74 Å². The zero-order valence-corrected chi connectivity index (χ0v) is 22.4. The Hall–Kier alpha value is -3.30. The summed E-state index contributed by atoms with van der Waals surface area (Å²) in [7, 11) is 0. The summed E-state index contributed by atoms with van der Waals surface area (Å²) in [5, 5.41) is 7.32. The number of carbonyl (C=O) groups is 1. The number of nitrogens with one attached hydrogen (secondary N) is 2. The molecule has 1 amide bonds. The molecule has 2 atom stereocenters. The van der Waals surface area contributed by atoms with Crippen LogP contribution in [0, 0.1) is 6.92 Å². The Kier molecular flexibility index (Phi) is 10.2. The second kappa shape index (κ2) is 13.3. The quantitative estimate of drug-likeness (QED) is 0.218. The minimum absolute atomic E-state index is 0. The van der Waals surface area contributed by atoms with Gasteiger partial charge in [0.25, 0.3) is 5.91 Å². The van der Waals surface area contributed by atoms with Gasteiger partial charge in [-0.25, -0.2) is 9.97 Å². The number of carbonyl (C=O) groups excluding carboxylic acids is 1. The van der Waals surface area contributed by atoms with E-state index in [1.54, 1.807) is 6.20 Å². The summed E-state index contributed by atoms with van der Waals surface area (Å²) in [6.07, 6.45) is 5.82. The van der Waals surface area contributed by atoms with E-state index in [4.69, 9.17) is 15.5 Å². The fourth-order valence-electron chi connectivity index (χ4n) is 4.36. The van der Waals surface area contributed by atoms with Crippen molar-refractivity contribution < 1.29 is 9.53 Å². The number of ether oxygens (including phenoxy) is 1. The third-order valence-corrected chi connectivity index (χ3v) is 6.18. The van der Waals surface area contributed by atoms with Crippen molar-refractivity contribution in [1.29, 1.82) is 0 Å². The number of amides is 1. The van der Waals surface area contributed by atoms with Gasteiger partial charge in [-0.2, -0.15) is 0 Å². The van der Waals surface area contributed by atoms with Crippen molar-refractivity contribution in [2.75, 3.05) is 18.5 Å². The molecule has 37 heavy (non-hydrogen) atoms. The predicted molar refractivity (Wildman–Crippen MR) is 150 cm³/mol. The van der Waals surface area contributed by atoms with Gasteiger partial charge in [-0.3, -0.25) is 14.8 Å². The number of hydrogen-bond acceptors (Lipinski definition) is 7. The van der Waals surface area contributed by atoms with Gasteiger partial charge in [-0.1, -0.05) is 30.5 Å². The maximum absolute atomic E-state index is 12.8. The normalized spacial score (nSPS) is 17.9. The first-order valence-corrected chi connectivity index (χ1v) is 12.6. The first-order chi connectivity index (χ1) is 17.4. The van der Waals surface area contributed by atoms with Gasteiger partial charge in [0.15, 0.2) is 0 Å². The molecular formula is C27H36ClN7O2. The molecule has 3 aromatic rings. The van der Waals surface area contributed by atoms with Crippen LogP contribution in [-0.4, -0.2) is 58.0 Å². The van der Waals surface area contributed by atoms with Gasteiger partial charge in [-0.15, -0.1) is 12.4 Å². The zero-order valence-electron chi connectivity index (χ0n) is 21.6. The third kappa shape index (κ3) is 7.60. The molecule has 0 aliphatic heterocycles. The first-order valence-electron chi connectivity index (χ1n) is 12.6. The lowest BCUT2D eigenvalue weighted by atomic mass is 9.90. The number of pyridine rings is 1. The van der Waals surface area contributed by atoms with E-state index in [9.17, 15) is 4.79 Å². The third-order valence-electron chi connectivity index (χ3n) is 6.18. The average molecular weight is 526 g/mol. The highest BCUT2D eigenvalue weighted by atomic mass is 35.5. The molecule has 2 heterocycles. The van der Waals surface area contributed by atoms with Crippen molar-refractivity contribution in [3.05, 3.63) is 59.7 Å². The molecule has 0 saturated heterocycles. The zero-order chi connectivity index (χ0) is 25.5. The van der Waals surface area contributed by atoms with E-state index in [-0.39, 0.29) is 42.3 Å². The summed E-state index contributed by atoms with van der Waals surface area (Å²) >= 11 is 0. The number of halogens is 1. The lowest BCUT2D eigenvalue weighted by Crippen LogP contribution is -2.37. The van der Waals surface area contributed by atoms with Crippen molar-refractivity contribution in [3.8, 4) is 0 Å². The number of aliphatic imine (C=N–C) groups is 1. The highest BCUT2D eigenvalue weighted by molar-refractivity contribution is 5.97. The van der Waals surface area contributed by atoms with Crippen LogP contribution in [0.25, 0.3) is 10.9 Å². The van der Waals surface area contributed by atoms with Gasteiger partial charge in [-0.05, 0) is 57.9 Å². The molecule has 1 saturated carbocycles. The van der Waals surface area contributed by atoms with Crippen molar-refractivity contribution >= 4 is 40.9 Å². The maximum Gasteiger partial charge on any atom is 0.289 e. The molecule has 1 fully saturated rings. The number of hydrogen-bond donors (Lipinski definition) is 3. The Labute approximate surface area is 224 Å². The molecule has 9 nitrogen and oxygen atoms in total. The number of nitrogens with zero attached hydrogens (tertiary/aromatic N) is 4. The molecule has 0 radical (unpaired) electrons. The van der Waals surface area contributed by atoms with Gasteiger partial charge in [0.2, 0.25) is 5.82 Å². The lowest BCUT2D eigenvalue weighted by molar-refractivity contribution is 0.0743. The van der Waals surface area contributed by atoms with Gasteiger partial charge in [0.05, 0.1) is 24.3 Å². The van der Waals surface area contributed by atoms with Gasteiger partial charge in [0, 0.05) is 24.2 Å². The number of rotatable bonds is 9. The van der Waals surface area contributed by atoms with Gasteiger partial charge >= 0.3 is 0 Å². The molecule has 4 rings (SSSR count). The Bertz CT molecular complexity index is 1220. The second-order valence-electron chi connectivity index (χ2n) is 9.42. The first kappa shape index (κ1) is 28.3. The second-order valence-corrected chi connectivity index (χ2v) is 9.42. The molecule has 0 bridgehead atoms. The van der Waals surface area contributed by atoms with Crippen LogP contribution >= 0.6 is 12.4 Å². The number of nitrogens with two attached hydrogens (primary N) is 1. The Morgan fingerprint density at radius 3 is 2.76 bits per heavy atom. The summed E-state index contributed by atoms with van der Waals surface area (Å²) in [5.41, 5.74) is 8.78. The number of aromatic nitrogens is 3. The van der Waals surface area contributed by atoms with E-state index in [2.05, 4.69) is 25.6 Å². The highest BCUT2D eigenvalue weighted by Crippen LogP contribution is 2.28. The molecular weight excluding hydrogens is 490 g/mol. The number of anilines is 1. The van der Waals surface area contributed by atoms with E-state index in [1.807, 2.05) is 57.2 Å². The van der Waals surface area contributed by atoms with E-state index in [0.29, 0.717) is 36.0 Å². The van der Waals surface area contributed by atoms with Crippen LogP contribution in [0.1, 0.15) is 61.4 Å². The number of fused-ring (bicyclic) bond motifs is 1. The fraction of sp³-hybridized carbons (Fsp3) is 0.444. The standard InChI is InChI=1S/C27H35N7O2.ClH/c1-17(2)36-15-14-30-27(35)26-32-20-12-11-18(3)16-19(20)25(34-26)33-22-9-5-4-8-21(22)31-24(28)23-10-6-7-13-29-23;/h6-7,10-13,16-17,21-22H,4-5,8-9,14-15H2,1-3H3,(H2,28,31)(H,30,35)(H,32,33,34);1H/t21-,22+;/m1./s1. The van der Waals surface area contributed by atoms with Crippen LogP contribution < -0.4 is 16.4 Å². The lowest BCUT2D eigenvalue weighted by Gasteiger charge is -2.30. The molecule has 2 aromatic heterocycles. The van der Waals surface area contributed by atoms with Crippen LogP contribution in [0.15, 0.2) is 47.6 Å². The fourth-order valence-corrected chi connectivity index (χ4v) is 4.36. The Morgan fingerprint density at radius 1 is 1.19 bits per heavy atom. The molecule has 1 aliphatic carbocycles. The molecule has 4 N–H and O–H groups in total. The largest absolute Gasteiger partial charge is 0.382 e. The Balaban J connectivity index is 0.00000380. The Morgan fingerprint density at radius 2 is 2.00 bits per heavy atom. The van der Waals surface area contributed by atoms with Gasteiger partial charge in [0.1, 0.15) is 17.3 Å². The minimum Gasteiger partial charge on any atom is -0.382 e. The molecule has 0 spiro atoms. The summed E-state index contributed by atoms with van der Waals surface area (Å²) in [4.78, 5) is 31.2. The van der Waals surface area contributed by atoms with Gasteiger partial charge < -0.3 is 21.1 Å². The monoisotopic (exact) mass is 525 g/mol. The predicted octanol–water partition coefficient (Wildman–Crippen LogP) is 4.04. The van der Waals surface area contributed by atoms with Crippen LogP contribution in [0.5, 0.6) is 0 Å². The number of aryl methyl sites for hydroxylation is 1. The molecule has 0 unspecified atom stereocenters. The maximum atomic E-state index is 12.8. The SMILES string of the molecule is Cc1ccc2nc(C(=O)NCCOC(C)C)nc(N[C@H]3CCCC[C@H]3N=C(N)c3ccccn3)c2c1.Cl. The van der Waals surface area contributed by atoms with E-state index >= 15 is 0 Å². The van der Waals surface area contributed by atoms with Crippen molar-refractivity contribution in [2.24, 2.45) is 10.7 Å². The summed E-state index contributed by atoms with van der Waals surface area (Å²) < 4.78 is 5.52. The summed E-state index contributed by atoms with van der Waals surface area (Å²) in [5.74, 6) is 0.866. The number of amidine groups is 1. The summed E-state index contributed by atoms with van der Waals surface area (Å²) in [6, 6.07) is 11.6. The minimum atomic E-state index is -0.328. The summed E-state index contributed by atoms with van der Waals surface area (Å²) in [6.45, 7) is 6.77. The van der Waals surface area contributed by atoms with Crippen molar-refractivity contribution in [2.45, 2.75) is 64.6 Å². The van der Waals surface area contributed by atoms with Crippen molar-refractivity contribution in [3.63, 3.8) is 0 Å². The average Bonchev–Trinajstić information content (AvgIpc) is 2.88. The molecule has 198 valence electrons. The van der Waals surface area contributed by atoms with Crippen molar-refractivity contribution in [1.82, 2.24) is 20.3 Å². The van der Waals surface area contributed by atoms with E-state index in [1.165, 1.54) is 0 Å². The molecule has 10 heteroatoms. The topological polar surface area (TPSA) is 127 Å². The van der Waals surface area contributed by atoms with E-state index < -0.39 is 0 Å². The van der Waals surface area contributed by atoms with Crippen LogP contribution in [0.3, 0.4) is 0 Å². The number of benzene rings is 1. The molecule has 1 aliphatic rings. The smallest absolute Gasteiger partial charge is 0.289 e. The highest BCUT2D eigenvalue weighted by Gasteiger charge is 2.27. The van der Waals surface area contributed by atoms with Crippen LogP contribution in [0.2, 0.25) is 0 Å².